The lowest BCUT2D eigenvalue weighted by molar-refractivity contribution is -0.186. The highest BCUT2D eigenvalue weighted by molar-refractivity contribution is 7.89. The van der Waals surface area contributed by atoms with Gasteiger partial charge in [0.1, 0.15) is 0 Å². The Labute approximate surface area is 157 Å². The molecule has 1 saturated heterocycles. The standard InChI is InChI=1S/C17H24F3N3O3S/c1-22(2)27(25,26)15-7-5-14(6-8-15)21-16(24)9-11-23-10-3-4-13(12-23)17(18,19)20/h5-8,13H,3-4,9-12H2,1-2H3,(H,21,24)/t13-/m1/s1. The van der Waals surface area contributed by atoms with Gasteiger partial charge in [0.05, 0.1) is 10.8 Å². The highest BCUT2D eigenvalue weighted by Gasteiger charge is 2.41. The predicted octanol–water partition coefficient (Wildman–Crippen LogP) is 2.54. The summed E-state index contributed by atoms with van der Waals surface area (Å²) in [6, 6.07) is 5.75. The number of carbonyl (C=O) groups excluding carboxylic acids is 1. The van der Waals surface area contributed by atoms with Crippen LogP contribution in [0.25, 0.3) is 0 Å². The zero-order chi connectivity index (χ0) is 20.2. The molecule has 1 aliphatic heterocycles. The normalized spacial score (nSPS) is 19.3. The quantitative estimate of drug-likeness (QED) is 0.787. The van der Waals surface area contributed by atoms with Gasteiger partial charge in [0.25, 0.3) is 0 Å². The minimum atomic E-state index is -4.20. The second-order valence-electron chi connectivity index (χ2n) is 6.79. The first-order valence-corrected chi connectivity index (χ1v) is 10.1. The number of hydrogen-bond donors (Lipinski definition) is 1. The van der Waals surface area contributed by atoms with Crippen LogP contribution in [-0.2, 0) is 14.8 Å². The van der Waals surface area contributed by atoms with E-state index in [1.165, 1.54) is 38.4 Å². The average molecular weight is 407 g/mol. The molecule has 1 aromatic rings. The van der Waals surface area contributed by atoms with Gasteiger partial charge >= 0.3 is 6.18 Å². The fourth-order valence-corrected chi connectivity index (χ4v) is 3.83. The van der Waals surface area contributed by atoms with Gasteiger partial charge in [0.15, 0.2) is 0 Å². The molecule has 1 N–H and O–H groups in total. The summed E-state index contributed by atoms with van der Waals surface area (Å²) in [5.74, 6) is -1.66. The predicted molar refractivity (Wildman–Crippen MR) is 95.8 cm³/mol. The number of hydrogen-bond acceptors (Lipinski definition) is 4. The van der Waals surface area contributed by atoms with Gasteiger partial charge in [-0.15, -0.1) is 0 Å². The molecule has 1 heterocycles. The second kappa shape index (κ2) is 8.57. The largest absolute Gasteiger partial charge is 0.393 e. The third-order valence-electron chi connectivity index (χ3n) is 4.54. The monoisotopic (exact) mass is 407 g/mol. The van der Waals surface area contributed by atoms with E-state index in [1.54, 1.807) is 4.90 Å². The summed E-state index contributed by atoms with van der Waals surface area (Å²) >= 11 is 0. The van der Waals surface area contributed by atoms with Gasteiger partial charge in [-0.1, -0.05) is 0 Å². The third-order valence-corrected chi connectivity index (χ3v) is 6.37. The number of alkyl halides is 3. The highest BCUT2D eigenvalue weighted by Crippen LogP contribution is 2.33. The summed E-state index contributed by atoms with van der Waals surface area (Å²) < 4.78 is 63.5. The zero-order valence-corrected chi connectivity index (χ0v) is 16.1. The molecule has 6 nitrogen and oxygen atoms in total. The lowest BCUT2D eigenvalue weighted by Gasteiger charge is -2.33. The smallest absolute Gasteiger partial charge is 0.326 e. The fourth-order valence-electron chi connectivity index (χ4n) is 2.93. The molecule has 10 heteroatoms. The summed E-state index contributed by atoms with van der Waals surface area (Å²) in [7, 11) is -0.691. The van der Waals surface area contributed by atoms with Crippen molar-refractivity contribution in [2.45, 2.75) is 30.3 Å². The second-order valence-corrected chi connectivity index (χ2v) is 8.94. The van der Waals surface area contributed by atoms with Crippen LogP contribution in [0.2, 0.25) is 0 Å². The van der Waals surface area contributed by atoms with Crippen molar-refractivity contribution >= 4 is 21.6 Å². The molecule has 0 aliphatic carbocycles. The molecule has 0 radical (unpaired) electrons. The molecular formula is C17H24F3N3O3S. The van der Waals surface area contributed by atoms with E-state index < -0.39 is 22.1 Å². The molecule has 0 aromatic heterocycles. The average Bonchev–Trinajstić information content (AvgIpc) is 2.60. The van der Waals surface area contributed by atoms with Crippen LogP contribution in [0, 0.1) is 5.92 Å². The molecule has 0 unspecified atom stereocenters. The number of anilines is 1. The first-order chi connectivity index (χ1) is 12.5. The number of rotatable bonds is 6. The Morgan fingerprint density at radius 2 is 1.89 bits per heavy atom. The molecule has 1 fully saturated rings. The number of nitrogens with zero attached hydrogens (tertiary/aromatic N) is 2. The highest BCUT2D eigenvalue weighted by atomic mass is 32.2. The van der Waals surface area contributed by atoms with Crippen molar-refractivity contribution in [3.63, 3.8) is 0 Å². The molecule has 1 aromatic carbocycles. The SMILES string of the molecule is CN(C)S(=O)(=O)c1ccc(NC(=O)CCN2CCC[C@@H](C(F)(F)F)C2)cc1. The lowest BCUT2D eigenvalue weighted by atomic mass is 9.97. The maximum Gasteiger partial charge on any atom is 0.393 e. The van der Waals surface area contributed by atoms with E-state index in [2.05, 4.69) is 5.32 Å². The van der Waals surface area contributed by atoms with E-state index in [0.717, 1.165) is 4.31 Å². The molecule has 1 amide bonds. The number of sulfonamides is 1. The van der Waals surface area contributed by atoms with Gasteiger partial charge in [-0.25, -0.2) is 12.7 Å². The van der Waals surface area contributed by atoms with Crippen LogP contribution in [0.1, 0.15) is 19.3 Å². The Morgan fingerprint density at radius 3 is 2.44 bits per heavy atom. The van der Waals surface area contributed by atoms with Crippen molar-refractivity contribution in [3.05, 3.63) is 24.3 Å². The molecule has 1 aliphatic rings. The van der Waals surface area contributed by atoms with E-state index in [-0.39, 0.29) is 36.7 Å². The number of halogens is 3. The molecule has 1 atom stereocenters. The Hall–Kier alpha value is -1.65. The van der Waals surface area contributed by atoms with Crippen molar-refractivity contribution < 1.29 is 26.4 Å². The minimum Gasteiger partial charge on any atom is -0.326 e. The third kappa shape index (κ3) is 5.91. The summed E-state index contributed by atoms with van der Waals surface area (Å²) in [6.45, 7) is 0.732. The van der Waals surface area contributed by atoms with Gasteiger partial charge < -0.3 is 10.2 Å². The number of nitrogens with one attached hydrogen (secondary N) is 1. The Bertz CT molecular complexity index is 749. The van der Waals surface area contributed by atoms with Crippen LogP contribution in [0.3, 0.4) is 0 Å². The summed E-state index contributed by atoms with van der Waals surface area (Å²) in [4.78, 5) is 13.8. The first-order valence-electron chi connectivity index (χ1n) is 8.61. The first kappa shape index (κ1) is 21.6. The van der Waals surface area contributed by atoms with Crippen LogP contribution in [0.4, 0.5) is 18.9 Å². The van der Waals surface area contributed by atoms with Gasteiger partial charge in [-0.2, -0.15) is 13.2 Å². The van der Waals surface area contributed by atoms with Gasteiger partial charge in [0.2, 0.25) is 15.9 Å². The maximum atomic E-state index is 12.8. The van der Waals surface area contributed by atoms with Crippen LogP contribution >= 0.6 is 0 Å². The molecule has 0 bridgehead atoms. The summed E-state index contributed by atoms with van der Waals surface area (Å²) in [6.07, 6.45) is -3.53. The summed E-state index contributed by atoms with van der Waals surface area (Å²) in [5, 5.41) is 2.63. The molecule has 0 saturated carbocycles. The Kier molecular flexibility index (Phi) is 6.87. The van der Waals surface area contributed by atoms with Crippen LogP contribution < -0.4 is 5.32 Å². The van der Waals surface area contributed by atoms with Gasteiger partial charge in [0, 0.05) is 39.3 Å². The van der Waals surface area contributed by atoms with E-state index in [1.807, 2.05) is 0 Å². The number of carbonyl (C=O) groups is 1. The number of amides is 1. The minimum absolute atomic E-state index is 0.0718. The van der Waals surface area contributed by atoms with E-state index in [9.17, 15) is 26.4 Å². The Balaban J connectivity index is 1.86. The van der Waals surface area contributed by atoms with Crippen LogP contribution in [0.15, 0.2) is 29.2 Å². The van der Waals surface area contributed by atoms with Gasteiger partial charge in [-0.3, -0.25) is 4.79 Å². The van der Waals surface area contributed by atoms with Crippen molar-refractivity contribution in [1.29, 1.82) is 0 Å². The molecular weight excluding hydrogens is 383 g/mol. The van der Waals surface area contributed by atoms with Gasteiger partial charge in [-0.05, 0) is 43.7 Å². The fraction of sp³-hybridized carbons (Fsp3) is 0.588. The number of likely N-dealkylation sites (tertiary alicyclic amines) is 1. The van der Waals surface area contributed by atoms with Crippen LogP contribution in [-0.4, -0.2) is 63.4 Å². The molecule has 2 rings (SSSR count). The maximum absolute atomic E-state index is 12.8. The van der Waals surface area contributed by atoms with Crippen LogP contribution in [0.5, 0.6) is 0 Å². The van der Waals surface area contributed by atoms with Crippen molar-refractivity contribution in [3.8, 4) is 0 Å². The van der Waals surface area contributed by atoms with E-state index in [0.29, 0.717) is 18.7 Å². The molecule has 27 heavy (non-hydrogen) atoms. The zero-order valence-electron chi connectivity index (χ0n) is 15.3. The van der Waals surface area contributed by atoms with E-state index in [4.69, 9.17) is 0 Å². The topological polar surface area (TPSA) is 69.7 Å². The Morgan fingerprint density at radius 1 is 1.26 bits per heavy atom. The summed E-state index contributed by atoms with van der Waals surface area (Å²) in [5.41, 5.74) is 0.435. The lowest BCUT2D eigenvalue weighted by Crippen LogP contribution is -2.42. The van der Waals surface area contributed by atoms with Crippen molar-refractivity contribution in [2.24, 2.45) is 5.92 Å². The molecule has 152 valence electrons. The number of piperidine rings is 1. The molecule has 0 spiro atoms. The van der Waals surface area contributed by atoms with Crippen molar-refractivity contribution in [2.75, 3.05) is 39.0 Å². The van der Waals surface area contributed by atoms with E-state index >= 15 is 0 Å². The number of benzene rings is 1. The van der Waals surface area contributed by atoms with Crippen molar-refractivity contribution in [1.82, 2.24) is 9.21 Å².